The lowest BCUT2D eigenvalue weighted by molar-refractivity contribution is 0.00384. The van der Waals surface area contributed by atoms with E-state index in [2.05, 4.69) is 52.1 Å². The molecule has 1 rings (SSSR count). The normalized spacial score (nSPS) is 13.6. The Morgan fingerprint density at radius 2 is 1.40 bits per heavy atom. The van der Waals surface area contributed by atoms with Crippen molar-refractivity contribution in [2.75, 3.05) is 6.54 Å². The van der Waals surface area contributed by atoms with Crippen LogP contribution >= 0.6 is 0 Å². The first-order chi connectivity index (χ1) is 11.5. The molecule has 0 aliphatic carbocycles. The van der Waals surface area contributed by atoms with Crippen LogP contribution in [0.15, 0.2) is 18.2 Å². The van der Waals surface area contributed by atoms with Crippen molar-refractivity contribution in [1.29, 1.82) is 0 Å². The maximum Gasteiger partial charge on any atom is 0.161 e. The average molecular weight is 352 g/mol. The van der Waals surface area contributed by atoms with E-state index in [1.54, 1.807) is 0 Å². The predicted octanol–water partition coefficient (Wildman–Crippen LogP) is 5.12. The monoisotopic (exact) mass is 351 g/mol. The predicted molar refractivity (Wildman–Crippen MR) is 105 cm³/mol. The smallest absolute Gasteiger partial charge is 0.161 e. The molecule has 1 unspecified atom stereocenters. The van der Waals surface area contributed by atoms with E-state index in [0.717, 1.165) is 23.6 Å². The van der Waals surface area contributed by atoms with Gasteiger partial charge in [-0.3, -0.25) is 0 Å². The molecule has 0 spiro atoms. The molecule has 25 heavy (non-hydrogen) atoms. The van der Waals surface area contributed by atoms with Crippen LogP contribution in [0, 0.1) is 0 Å². The summed E-state index contributed by atoms with van der Waals surface area (Å²) >= 11 is 0. The van der Waals surface area contributed by atoms with Crippen molar-refractivity contribution in [2.45, 2.75) is 92.3 Å². The van der Waals surface area contributed by atoms with Crippen molar-refractivity contribution in [3.63, 3.8) is 0 Å². The quantitative estimate of drug-likeness (QED) is 0.670. The van der Waals surface area contributed by atoms with Gasteiger partial charge in [-0.1, -0.05) is 6.07 Å². The maximum atomic E-state index is 6.15. The molecular formula is C21H37NO3. The van der Waals surface area contributed by atoms with E-state index in [0.29, 0.717) is 0 Å². The molecule has 0 radical (unpaired) electrons. The highest BCUT2D eigenvalue weighted by molar-refractivity contribution is 5.44. The summed E-state index contributed by atoms with van der Waals surface area (Å²) in [4.78, 5) is 0. The van der Waals surface area contributed by atoms with Crippen LogP contribution in [-0.2, 0) is 4.74 Å². The maximum absolute atomic E-state index is 6.15. The van der Waals surface area contributed by atoms with Crippen LogP contribution in [0.4, 0.5) is 0 Å². The number of hydrogen-bond acceptors (Lipinski definition) is 4. The zero-order valence-corrected chi connectivity index (χ0v) is 17.5. The van der Waals surface area contributed by atoms with Gasteiger partial charge in [-0.15, -0.1) is 0 Å². The number of benzene rings is 1. The number of ether oxygens (including phenoxy) is 3. The molecule has 0 aliphatic heterocycles. The largest absolute Gasteiger partial charge is 0.487 e. The van der Waals surface area contributed by atoms with E-state index in [9.17, 15) is 0 Å². The molecule has 1 N–H and O–H groups in total. The van der Waals surface area contributed by atoms with E-state index in [1.165, 1.54) is 0 Å². The Labute approximate surface area is 154 Å². The lowest BCUT2D eigenvalue weighted by Crippen LogP contribution is -2.39. The van der Waals surface area contributed by atoms with Crippen LogP contribution in [0.3, 0.4) is 0 Å². The lowest BCUT2D eigenvalue weighted by Gasteiger charge is -2.28. The first-order valence-electron chi connectivity index (χ1n) is 9.35. The van der Waals surface area contributed by atoms with Gasteiger partial charge in [0, 0.05) is 12.1 Å². The van der Waals surface area contributed by atoms with Crippen molar-refractivity contribution >= 4 is 0 Å². The van der Waals surface area contributed by atoms with Crippen molar-refractivity contribution in [3.8, 4) is 11.5 Å². The molecule has 0 amide bonds. The molecule has 4 nitrogen and oxygen atoms in total. The number of nitrogens with one attached hydrogen (secondary N) is 1. The van der Waals surface area contributed by atoms with Gasteiger partial charge in [0.1, 0.15) is 0 Å². The van der Waals surface area contributed by atoms with Crippen LogP contribution in [0.5, 0.6) is 11.5 Å². The summed E-state index contributed by atoms with van der Waals surface area (Å²) in [6, 6.07) is 6.11. The Hall–Kier alpha value is -1.26. The molecule has 1 aromatic rings. The first kappa shape index (κ1) is 21.8. The summed E-state index contributed by atoms with van der Waals surface area (Å²) in [5.74, 6) is 1.55. The minimum atomic E-state index is -0.0400. The molecule has 0 saturated heterocycles. The molecule has 0 saturated carbocycles. The zero-order chi connectivity index (χ0) is 19.2. The Balaban J connectivity index is 3.11. The minimum absolute atomic E-state index is 0.0382. The van der Waals surface area contributed by atoms with Gasteiger partial charge in [0.05, 0.1) is 24.4 Å². The van der Waals surface area contributed by atoms with E-state index < -0.39 is 0 Å². The fourth-order valence-electron chi connectivity index (χ4n) is 2.39. The molecule has 1 aromatic carbocycles. The highest BCUT2D eigenvalue weighted by Gasteiger charge is 2.20. The summed E-state index contributed by atoms with van der Waals surface area (Å²) in [5, 5.41) is 3.54. The molecule has 144 valence electrons. The molecule has 4 heteroatoms. The van der Waals surface area contributed by atoms with Crippen molar-refractivity contribution in [1.82, 2.24) is 5.32 Å². The average Bonchev–Trinajstić information content (AvgIpc) is 2.43. The third kappa shape index (κ3) is 8.59. The molecule has 1 atom stereocenters. The number of hydrogen-bond donors (Lipinski definition) is 1. The molecule has 0 aliphatic rings. The third-order valence-corrected chi connectivity index (χ3v) is 3.32. The van der Waals surface area contributed by atoms with Crippen LogP contribution in [0.25, 0.3) is 0 Å². The SMILES string of the molecule is CC(C)Oc1ccc(C(CNC(C)(C)C)OC(C)C)cc1OC(C)C. The van der Waals surface area contributed by atoms with Gasteiger partial charge in [0.15, 0.2) is 11.5 Å². The van der Waals surface area contributed by atoms with Gasteiger partial charge in [0.25, 0.3) is 0 Å². The standard InChI is InChI=1S/C21H37NO3/c1-14(2)23-18-11-10-17(12-19(18)24-15(3)4)20(25-16(5)6)13-22-21(7,8)9/h10-12,14-16,20,22H,13H2,1-9H3. The van der Waals surface area contributed by atoms with Gasteiger partial charge in [-0.2, -0.15) is 0 Å². The lowest BCUT2D eigenvalue weighted by atomic mass is 10.0. The Morgan fingerprint density at radius 1 is 0.840 bits per heavy atom. The summed E-state index contributed by atoms with van der Waals surface area (Å²) < 4.78 is 18.0. The minimum Gasteiger partial charge on any atom is -0.487 e. The molecule has 0 fully saturated rings. The third-order valence-electron chi connectivity index (χ3n) is 3.32. The fraction of sp³-hybridized carbons (Fsp3) is 0.714. The highest BCUT2D eigenvalue weighted by Crippen LogP contribution is 2.33. The summed E-state index contributed by atoms with van der Waals surface area (Å²) in [7, 11) is 0. The summed E-state index contributed by atoms with van der Waals surface area (Å²) in [6.45, 7) is 19.4. The van der Waals surface area contributed by atoms with Gasteiger partial charge in [0.2, 0.25) is 0 Å². The molecule has 0 aromatic heterocycles. The Morgan fingerprint density at radius 3 is 1.88 bits per heavy atom. The van der Waals surface area contributed by atoms with Crippen LogP contribution in [-0.4, -0.2) is 30.4 Å². The van der Waals surface area contributed by atoms with Gasteiger partial charge < -0.3 is 19.5 Å². The molecular weight excluding hydrogens is 314 g/mol. The zero-order valence-electron chi connectivity index (χ0n) is 17.5. The topological polar surface area (TPSA) is 39.7 Å². The second-order valence-corrected chi connectivity index (χ2v) is 8.34. The number of rotatable bonds is 9. The van der Waals surface area contributed by atoms with Crippen LogP contribution < -0.4 is 14.8 Å². The second-order valence-electron chi connectivity index (χ2n) is 8.34. The molecule has 0 bridgehead atoms. The van der Waals surface area contributed by atoms with E-state index in [4.69, 9.17) is 14.2 Å². The van der Waals surface area contributed by atoms with Crippen LogP contribution in [0.2, 0.25) is 0 Å². The van der Waals surface area contributed by atoms with E-state index in [1.807, 2.05) is 33.8 Å². The summed E-state index contributed by atoms with van der Waals surface area (Å²) in [6.07, 6.45) is 0.294. The van der Waals surface area contributed by atoms with Crippen LogP contribution in [0.1, 0.15) is 74.0 Å². The van der Waals surface area contributed by atoms with Crippen molar-refractivity contribution in [3.05, 3.63) is 23.8 Å². The van der Waals surface area contributed by atoms with Crippen molar-refractivity contribution in [2.24, 2.45) is 0 Å². The highest BCUT2D eigenvalue weighted by atomic mass is 16.5. The van der Waals surface area contributed by atoms with E-state index >= 15 is 0 Å². The summed E-state index contributed by atoms with van der Waals surface area (Å²) in [5.41, 5.74) is 1.13. The van der Waals surface area contributed by atoms with Crippen molar-refractivity contribution < 1.29 is 14.2 Å². The fourth-order valence-corrected chi connectivity index (χ4v) is 2.39. The first-order valence-corrected chi connectivity index (χ1v) is 9.35. The Kier molecular flexibility index (Phi) is 8.23. The second kappa shape index (κ2) is 9.44. The van der Waals surface area contributed by atoms with Gasteiger partial charge >= 0.3 is 0 Å². The van der Waals surface area contributed by atoms with E-state index in [-0.39, 0.29) is 30.0 Å². The molecule has 0 heterocycles. The van der Waals surface area contributed by atoms with Gasteiger partial charge in [-0.25, -0.2) is 0 Å². The Bertz CT molecular complexity index is 518. The van der Waals surface area contributed by atoms with Gasteiger partial charge in [-0.05, 0) is 80.0 Å².